The van der Waals surface area contributed by atoms with Gasteiger partial charge in [0.05, 0.1) is 26.4 Å². The first kappa shape index (κ1) is 13.9. The number of likely N-dealkylation sites (tertiary alicyclic amines) is 1. The van der Waals surface area contributed by atoms with E-state index in [1.807, 2.05) is 0 Å². The van der Waals surface area contributed by atoms with Gasteiger partial charge in [0.25, 0.3) is 0 Å². The molecule has 1 N–H and O–H groups in total. The van der Waals surface area contributed by atoms with Crippen LogP contribution in [0.25, 0.3) is 0 Å². The summed E-state index contributed by atoms with van der Waals surface area (Å²) in [5, 5.41) is 9.53. The lowest BCUT2D eigenvalue weighted by atomic mass is 9.99. The Bertz CT molecular complexity index is 281. The molecule has 0 spiro atoms. The van der Waals surface area contributed by atoms with E-state index in [9.17, 15) is 14.7 Å². The summed E-state index contributed by atoms with van der Waals surface area (Å²) in [5.74, 6) is -0.786. The van der Waals surface area contributed by atoms with E-state index >= 15 is 0 Å². The maximum absolute atomic E-state index is 11.5. The van der Waals surface area contributed by atoms with E-state index < -0.39 is 18.1 Å². The van der Waals surface area contributed by atoms with Crippen LogP contribution in [0.2, 0.25) is 0 Å². The summed E-state index contributed by atoms with van der Waals surface area (Å²) in [6, 6.07) is -0.562. The fraction of sp³-hybridized carbons (Fsp3) is 0.818. The molecule has 0 amide bonds. The van der Waals surface area contributed by atoms with Gasteiger partial charge in [0.15, 0.2) is 0 Å². The zero-order valence-electron chi connectivity index (χ0n) is 10.2. The van der Waals surface area contributed by atoms with E-state index in [2.05, 4.69) is 4.74 Å². The Hall–Kier alpha value is -1.14. The number of hydrogen-bond acceptors (Lipinski definition) is 6. The van der Waals surface area contributed by atoms with Gasteiger partial charge < -0.3 is 14.6 Å². The number of methoxy groups -OCH3 is 1. The number of hydrogen-bond donors (Lipinski definition) is 1. The van der Waals surface area contributed by atoms with Gasteiger partial charge in [-0.05, 0) is 19.8 Å². The van der Waals surface area contributed by atoms with Crippen LogP contribution >= 0.6 is 0 Å². The summed E-state index contributed by atoms with van der Waals surface area (Å²) in [5.41, 5.74) is 0. The van der Waals surface area contributed by atoms with E-state index in [1.54, 1.807) is 11.8 Å². The summed E-state index contributed by atoms with van der Waals surface area (Å²) in [7, 11) is 1.30. The largest absolute Gasteiger partial charge is 0.468 e. The Morgan fingerprint density at radius 3 is 2.76 bits per heavy atom. The molecular weight excluding hydrogens is 226 g/mol. The molecule has 1 saturated heterocycles. The van der Waals surface area contributed by atoms with Crippen molar-refractivity contribution in [1.82, 2.24) is 4.90 Å². The Balaban J connectivity index is 2.60. The Morgan fingerprint density at radius 1 is 1.47 bits per heavy atom. The van der Waals surface area contributed by atoms with Crippen molar-refractivity contribution in [2.45, 2.75) is 31.9 Å². The Morgan fingerprint density at radius 2 is 2.18 bits per heavy atom. The summed E-state index contributed by atoms with van der Waals surface area (Å²) >= 11 is 0. The summed E-state index contributed by atoms with van der Waals surface area (Å²) in [6.45, 7) is 2.59. The molecule has 0 aromatic rings. The molecule has 2 atom stereocenters. The molecule has 0 aromatic carbocycles. The predicted octanol–water partition coefficient (Wildman–Crippen LogP) is -0.452. The number of piperidine rings is 1. The maximum Gasteiger partial charge on any atom is 0.323 e. The third-order valence-corrected chi connectivity index (χ3v) is 2.80. The summed E-state index contributed by atoms with van der Waals surface area (Å²) in [4.78, 5) is 24.6. The van der Waals surface area contributed by atoms with Crippen molar-refractivity contribution >= 4 is 11.9 Å². The van der Waals surface area contributed by atoms with Crippen LogP contribution in [-0.2, 0) is 19.1 Å². The van der Waals surface area contributed by atoms with Crippen molar-refractivity contribution < 1.29 is 24.2 Å². The zero-order valence-corrected chi connectivity index (χ0v) is 10.2. The fourth-order valence-electron chi connectivity index (χ4n) is 1.94. The minimum absolute atomic E-state index is 0.0559. The van der Waals surface area contributed by atoms with Crippen molar-refractivity contribution in [3.05, 3.63) is 0 Å². The van der Waals surface area contributed by atoms with Gasteiger partial charge in [0.2, 0.25) is 0 Å². The molecule has 0 unspecified atom stereocenters. The van der Waals surface area contributed by atoms with Gasteiger partial charge in [0.1, 0.15) is 6.04 Å². The summed E-state index contributed by atoms with van der Waals surface area (Å²) in [6.07, 6.45) is 0.330. The Kier molecular flexibility index (Phi) is 5.37. The third-order valence-electron chi connectivity index (χ3n) is 2.80. The normalized spacial score (nSPS) is 25.4. The molecule has 1 heterocycles. The van der Waals surface area contributed by atoms with Gasteiger partial charge in [-0.1, -0.05) is 0 Å². The Labute approximate surface area is 100 Å². The molecule has 6 heteroatoms. The quantitative estimate of drug-likeness (QED) is 0.676. The topological polar surface area (TPSA) is 76.1 Å². The predicted molar refractivity (Wildman–Crippen MR) is 59.3 cm³/mol. The van der Waals surface area contributed by atoms with Crippen LogP contribution in [-0.4, -0.2) is 60.9 Å². The molecule has 1 rings (SSSR count). The van der Waals surface area contributed by atoms with E-state index in [4.69, 9.17) is 4.74 Å². The number of ether oxygens (including phenoxy) is 2. The standard InChI is InChI=1S/C11H19NO5/c1-3-17-10(14)7-12-5-4-8(13)6-9(12)11(15)16-2/h8-9,13H,3-7H2,1-2H3/t8-,9+/m1/s1. The van der Waals surface area contributed by atoms with Crippen LogP contribution in [0.5, 0.6) is 0 Å². The SMILES string of the molecule is CCOC(=O)CN1CC[C@@H](O)C[C@H]1C(=O)OC. The lowest BCUT2D eigenvalue weighted by Gasteiger charge is -2.35. The highest BCUT2D eigenvalue weighted by molar-refractivity contribution is 5.78. The highest BCUT2D eigenvalue weighted by Crippen LogP contribution is 2.18. The van der Waals surface area contributed by atoms with Gasteiger partial charge in [-0.25, -0.2) is 0 Å². The first-order chi connectivity index (χ1) is 8.08. The molecule has 98 valence electrons. The molecule has 1 aliphatic heterocycles. The molecule has 17 heavy (non-hydrogen) atoms. The van der Waals surface area contributed by atoms with Crippen LogP contribution in [0.3, 0.4) is 0 Å². The lowest BCUT2D eigenvalue weighted by molar-refractivity contribution is -0.154. The van der Waals surface area contributed by atoms with Gasteiger partial charge in [-0.15, -0.1) is 0 Å². The van der Waals surface area contributed by atoms with Gasteiger partial charge >= 0.3 is 11.9 Å². The molecule has 0 saturated carbocycles. The fourth-order valence-corrected chi connectivity index (χ4v) is 1.94. The average Bonchev–Trinajstić information content (AvgIpc) is 2.30. The van der Waals surface area contributed by atoms with Crippen LogP contribution in [0, 0.1) is 0 Å². The number of rotatable bonds is 4. The van der Waals surface area contributed by atoms with Gasteiger partial charge in [-0.3, -0.25) is 14.5 Å². The van der Waals surface area contributed by atoms with Crippen molar-refractivity contribution in [3.63, 3.8) is 0 Å². The van der Waals surface area contributed by atoms with Crippen LogP contribution < -0.4 is 0 Å². The molecule has 0 aliphatic carbocycles. The van der Waals surface area contributed by atoms with Crippen LogP contribution in [0.1, 0.15) is 19.8 Å². The van der Waals surface area contributed by atoms with Crippen molar-refractivity contribution in [3.8, 4) is 0 Å². The number of carbonyl (C=O) groups excluding carboxylic acids is 2. The first-order valence-electron chi connectivity index (χ1n) is 5.74. The smallest absolute Gasteiger partial charge is 0.323 e. The van der Waals surface area contributed by atoms with Crippen molar-refractivity contribution in [1.29, 1.82) is 0 Å². The number of nitrogens with zero attached hydrogens (tertiary/aromatic N) is 1. The third kappa shape index (κ3) is 3.98. The van der Waals surface area contributed by atoms with Gasteiger partial charge in [-0.2, -0.15) is 0 Å². The lowest BCUT2D eigenvalue weighted by Crippen LogP contribution is -2.51. The second-order valence-electron chi connectivity index (χ2n) is 3.99. The first-order valence-corrected chi connectivity index (χ1v) is 5.74. The van der Waals surface area contributed by atoms with Crippen molar-refractivity contribution in [2.75, 3.05) is 26.8 Å². The molecule has 1 fully saturated rings. The van der Waals surface area contributed by atoms with E-state index in [0.717, 1.165) is 0 Å². The minimum atomic E-state index is -0.562. The summed E-state index contributed by atoms with van der Waals surface area (Å²) < 4.78 is 9.50. The van der Waals surface area contributed by atoms with E-state index in [1.165, 1.54) is 7.11 Å². The van der Waals surface area contributed by atoms with E-state index in [0.29, 0.717) is 26.0 Å². The second-order valence-corrected chi connectivity index (χ2v) is 3.99. The number of aliphatic hydroxyl groups is 1. The van der Waals surface area contributed by atoms with Crippen LogP contribution in [0.4, 0.5) is 0 Å². The molecule has 0 bridgehead atoms. The maximum atomic E-state index is 11.5. The second kappa shape index (κ2) is 6.56. The monoisotopic (exact) mass is 245 g/mol. The number of esters is 2. The van der Waals surface area contributed by atoms with Crippen molar-refractivity contribution in [2.24, 2.45) is 0 Å². The molecule has 6 nitrogen and oxygen atoms in total. The highest BCUT2D eigenvalue weighted by Gasteiger charge is 2.34. The zero-order chi connectivity index (χ0) is 12.8. The molecule has 0 radical (unpaired) electrons. The number of aliphatic hydroxyl groups excluding tert-OH is 1. The van der Waals surface area contributed by atoms with Crippen LogP contribution in [0.15, 0.2) is 0 Å². The minimum Gasteiger partial charge on any atom is -0.468 e. The molecule has 1 aliphatic rings. The highest BCUT2D eigenvalue weighted by atomic mass is 16.5. The molecule has 0 aromatic heterocycles. The van der Waals surface area contributed by atoms with E-state index in [-0.39, 0.29) is 12.5 Å². The van der Waals surface area contributed by atoms with Gasteiger partial charge in [0, 0.05) is 6.54 Å². The molecular formula is C11H19NO5. The number of carbonyl (C=O) groups is 2. The average molecular weight is 245 g/mol.